The Labute approximate surface area is 111 Å². The van der Waals surface area contributed by atoms with Gasteiger partial charge in [-0.05, 0) is 24.3 Å². The van der Waals surface area contributed by atoms with Crippen molar-refractivity contribution in [2.45, 2.75) is 13.0 Å². The summed E-state index contributed by atoms with van der Waals surface area (Å²) in [5.41, 5.74) is 2.92. The number of rotatable bonds is 3. The van der Waals surface area contributed by atoms with Crippen LogP contribution in [0.3, 0.4) is 0 Å². The maximum atomic E-state index is 8.92. The minimum Gasteiger partial charge on any atom is -0.321 e. The Balaban J connectivity index is 2.10. The number of imidazole rings is 1. The van der Waals surface area contributed by atoms with E-state index in [0.29, 0.717) is 13.0 Å². The quantitative estimate of drug-likeness (QED) is 0.715. The van der Waals surface area contributed by atoms with Crippen molar-refractivity contribution in [3.05, 3.63) is 60.2 Å². The lowest BCUT2D eigenvalue weighted by Gasteiger charge is -2.06. The number of pyridine rings is 1. The van der Waals surface area contributed by atoms with E-state index in [1.165, 1.54) is 0 Å². The maximum absolute atomic E-state index is 8.92. The van der Waals surface area contributed by atoms with Gasteiger partial charge in [0.15, 0.2) is 0 Å². The molecule has 3 aromatic rings. The number of nitrogens with zero attached hydrogens (tertiary/aromatic N) is 4. The Morgan fingerprint density at radius 3 is 2.74 bits per heavy atom. The monoisotopic (exact) mass is 248 g/mol. The van der Waals surface area contributed by atoms with Gasteiger partial charge in [-0.15, -0.1) is 0 Å². The molecule has 0 aliphatic carbocycles. The SMILES string of the molecule is N#CCc1nc2ccccc2n1Cc1ccccn1. The fraction of sp³-hybridized carbons (Fsp3) is 0.133. The van der Waals surface area contributed by atoms with E-state index in [2.05, 4.69) is 20.6 Å². The summed E-state index contributed by atoms with van der Waals surface area (Å²) in [5.74, 6) is 0.786. The van der Waals surface area contributed by atoms with Gasteiger partial charge in [0.25, 0.3) is 0 Å². The van der Waals surface area contributed by atoms with Crippen LogP contribution < -0.4 is 0 Å². The zero-order valence-electron chi connectivity index (χ0n) is 10.3. The van der Waals surface area contributed by atoms with E-state index in [0.717, 1.165) is 22.6 Å². The number of hydrogen-bond acceptors (Lipinski definition) is 3. The van der Waals surface area contributed by atoms with Crippen LogP contribution in [0.1, 0.15) is 11.5 Å². The molecule has 0 bridgehead atoms. The first-order chi connectivity index (χ1) is 9.38. The fourth-order valence-corrected chi connectivity index (χ4v) is 2.16. The molecule has 0 aliphatic heterocycles. The van der Waals surface area contributed by atoms with Gasteiger partial charge in [0, 0.05) is 6.20 Å². The average molecular weight is 248 g/mol. The number of para-hydroxylation sites is 2. The van der Waals surface area contributed by atoms with Crippen molar-refractivity contribution in [3.8, 4) is 6.07 Å². The Hall–Kier alpha value is -2.67. The summed E-state index contributed by atoms with van der Waals surface area (Å²) in [6.45, 7) is 0.637. The van der Waals surface area contributed by atoms with Crippen LogP contribution >= 0.6 is 0 Å². The Bertz CT molecular complexity index is 738. The molecular formula is C15H12N4. The van der Waals surface area contributed by atoms with E-state index < -0.39 is 0 Å². The summed E-state index contributed by atoms with van der Waals surface area (Å²) >= 11 is 0. The molecular weight excluding hydrogens is 236 g/mol. The van der Waals surface area contributed by atoms with Crippen LogP contribution in [0.2, 0.25) is 0 Å². The molecule has 0 unspecified atom stereocenters. The van der Waals surface area contributed by atoms with Crippen molar-refractivity contribution in [1.29, 1.82) is 5.26 Å². The number of benzene rings is 1. The number of nitriles is 1. The first-order valence-corrected chi connectivity index (χ1v) is 6.09. The highest BCUT2D eigenvalue weighted by Crippen LogP contribution is 2.17. The second-order valence-electron chi connectivity index (χ2n) is 4.26. The molecule has 3 rings (SSSR count). The van der Waals surface area contributed by atoms with Crippen molar-refractivity contribution >= 4 is 11.0 Å². The second kappa shape index (κ2) is 4.91. The number of fused-ring (bicyclic) bond motifs is 1. The van der Waals surface area contributed by atoms with Crippen LogP contribution in [0.25, 0.3) is 11.0 Å². The van der Waals surface area contributed by atoms with Crippen LogP contribution in [0.4, 0.5) is 0 Å². The van der Waals surface area contributed by atoms with Gasteiger partial charge >= 0.3 is 0 Å². The molecule has 0 fully saturated rings. The lowest BCUT2D eigenvalue weighted by atomic mass is 10.3. The molecule has 0 N–H and O–H groups in total. The lowest BCUT2D eigenvalue weighted by molar-refractivity contribution is 0.750. The smallest absolute Gasteiger partial charge is 0.124 e. The molecule has 0 saturated heterocycles. The van der Waals surface area contributed by atoms with Crippen molar-refractivity contribution in [1.82, 2.24) is 14.5 Å². The molecule has 19 heavy (non-hydrogen) atoms. The van der Waals surface area contributed by atoms with Crippen molar-refractivity contribution < 1.29 is 0 Å². The Kier molecular flexibility index (Phi) is 2.95. The predicted molar refractivity (Wildman–Crippen MR) is 72.4 cm³/mol. The average Bonchev–Trinajstić information content (AvgIpc) is 2.79. The van der Waals surface area contributed by atoms with Gasteiger partial charge in [0.1, 0.15) is 5.82 Å². The van der Waals surface area contributed by atoms with Crippen LogP contribution in [-0.2, 0) is 13.0 Å². The normalized spacial score (nSPS) is 10.5. The number of aromatic nitrogens is 3. The zero-order valence-corrected chi connectivity index (χ0v) is 10.3. The molecule has 2 heterocycles. The highest BCUT2D eigenvalue weighted by Gasteiger charge is 2.10. The molecule has 0 spiro atoms. The van der Waals surface area contributed by atoms with Crippen molar-refractivity contribution in [2.24, 2.45) is 0 Å². The van der Waals surface area contributed by atoms with Crippen LogP contribution in [-0.4, -0.2) is 14.5 Å². The predicted octanol–water partition coefficient (Wildman–Crippen LogP) is 2.55. The maximum Gasteiger partial charge on any atom is 0.124 e. The first kappa shape index (κ1) is 11.4. The van der Waals surface area contributed by atoms with Gasteiger partial charge in [-0.2, -0.15) is 5.26 Å². The first-order valence-electron chi connectivity index (χ1n) is 6.09. The highest BCUT2D eigenvalue weighted by molar-refractivity contribution is 5.76. The highest BCUT2D eigenvalue weighted by atomic mass is 15.1. The van der Waals surface area contributed by atoms with Crippen LogP contribution in [0, 0.1) is 11.3 Å². The second-order valence-corrected chi connectivity index (χ2v) is 4.26. The molecule has 4 nitrogen and oxygen atoms in total. The standard InChI is InChI=1S/C15H12N4/c16-9-8-15-18-13-6-1-2-7-14(13)19(15)11-12-5-3-4-10-17-12/h1-7,10H,8,11H2. The Morgan fingerprint density at radius 1 is 1.11 bits per heavy atom. The third kappa shape index (κ3) is 2.18. The van der Waals surface area contributed by atoms with E-state index in [4.69, 9.17) is 5.26 Å². The van der Waals surface area contributed by atoms with Gasteiger partial charge in [-0.3, -0.25) is 4.98 Å². The molecule has 2 aromatic heterocycles. The fourth-order valence-electron chi connectivity index (χ4n) is 2.16. The molecule has 0 aliphatic rings. The largest absolute Gasteiger partial charge is 0.321 e. The van der Waals surface area contributed by atoms with E-state index >= 15 is 0 Å². The van der Waals surface area contributed by atoms with E-state index in [9.17, 15) is 0 Å². The van der Waals surface area contributed by atoms with Crippen molar-refractivity contribution in [2.75, 3.05) is 0 Å². The Morgan fingerprint density at radius 2 is 1.95 bits per heavy atom. The molecule has 0 amide bonds. The van der Waals surface area contributed by atoms with Gasteiger partial charge in [-0.1, -0.05) is 18.2 Å². The van der Waals surface area contributed by atoms with Gasteiger partial charge in [-0.25, -0.2) is 4.98 Å². The number of hydrogen-bond donors (Lipinski definition) is 0. The third-order valence-corrected chi connectivity index (χ3v) is 3.02. The molecule has 0 saturated carbocycles. The van der Waals surface area contributed by atoms with Gasteiger partial charge < -0.3 is 4.57 Å². The summed E-state index contributed by atoms with van der Waals surface area (Å²) in [6, 6.07) is 15.9. The summed E-state index contributed by atoms with van der Waals surface area (Å²) < 4.78 is 2.06. The van der Waals surface area contributed by atoms with E-state index in [-0.39, 0.29) is 0 Å². The minimum atomic E-state index is 0.307. The summed E-state index contributed by atoms with van der Waals surface area (Å²) in [7, 11) is 0. The van der Waals surface area contributed by atoms with Gasteiger partial charge in [0.2, 0.25) is 0 Å². The van der Waals surface area contributed by atoms with Crippen molar-refractivity contribution in [3.63, 3.8) is 0 Å². The third-order valence-electron chi connectivity index (χ3n) is 3.02. The summed E-state index contributed by atoms with van der Waals surface area (Å²) in [5, 5.41) is 8.92. The molecule has 0 radical (unpaired) electrons. The van der Waals surface area contributed by atoms with E-state index in [1.54, 1.807) is 6.20 Å². The summed E-state index contributed by atoms with van der Waals surface area (Å²) in [4.78, 5) is 8.84. The minimum absolute atomic E-state index is 0.307. The topological polar surface area (TPSA) is 54.5 Å². The molecule has 0 atom stereocenters. The molecule has 1 aromatic carbocycles. The molecule has 92 valence electrons. The van der Waals surface area contributed by atoms with Crippen LogP contribution in [0.15, 0.2) is 48.7 Å². The van der Waals surface area contributed by atoms with Gasteiger partial charge in [0.05, 0.1) is 35.8 Å². The molecule has 4 heteroatoms. The van der Waals surface area contributed by atoms with Crippen LogP contribution in [0.5, 0.6) is 0 Å². The van der Waals surface area contributed by atoms with E-state index in [1.807, 2.05) is 42.5 Å². The summed E-state index contributed by atoms with van der Waals surface area (Å²) in [6.07, 6.45) is 2.08. The zero-order chi connectivity index (χ0) is 13.1. The lowest BCUT2D eigenvalue weighted by Crippen LogP contribution is -2.05.